The summed E-state index contributed by atoms with van der Waals surface area (Å²) in [6.45, 7) is 0.119. The molecule has 2 N–H and O–H groups in total. The van der Waals surface area contributed by atoms with Gasteiger partial charge in [0.25, 0.3) is 5.91 Å². The zero-order valence-electron chi connectivity index (χ0n) is 11.5. The van der Waals surface area contributed by atoms with Crippen LogP contribution in [0.1, 0.15) is 19.3 Å². The Hall–Kier alpha value is -2.15. The molecule has 0 heterocycles. The van der Waals surface area contributed by atoms with Crippen LogP contribution in [0.2, 0.25) is 0 Å². The third-order valence-corrected chi connectivity index (χ3v) is 3.60. The summed E-state index contributed by atoms with van der Waals surface area (Å²) in [5.74, 6) is -0.203. The summed E-state index contributed by atoms with van der Waals surface area (Å²) >= 11 is 0. The quantitative estimate of drug-likeness (QED) is 0.607. The summed E-state index contributed by atoms with van der Waals surface area (Å²) in [6.07, 6.45) is 2.27. The maximum absolute atomic E-state index is 11.7. The molecule has 1 aromatic carbocycles. The van der Waals surface area contributed by atoms with Gasteiger partial charge in [0.15, 0.2) is 12.4 Å². The van der Waals surface area contributed by atoms with E-state index in [1.165, 1.54) is 18.2 Å². The van der Waals surface area contributed by atoms with E-state index in [0.717, 1.165) is 19.3 Å². The van der Waals surface area contributed by atoms with E-state index in [2.05, 4.69) is 5.32 Å². The number of carbonyl (C=O) groups excluding carboxylic acids is 1. The Balaban J connectivity index is 1.80. The Kier molecular flexibility index (Phi) is 5.10. The van der Waals surface area contributed by atoms with Crippen molar-refractivity contribution in [1.82, 2.24) is 5.32 Å². The van der Waals surface area contributed by atoms with Gasteiger partial charge in [-0.15, -0.1) is 0 Å². The van der Waals surface area contributed by atoms with Crippen LogP contribution in [0.3, 0.4) is 0 Å². The molecule has 0 aliphatic heterocycles. The van der Waals surface area contributed by atoms with Crippen molar-refractivity contribution >= 4 is 11.6 Å². The van der Waals surface area contributed by atoms with Crippen LogP contribution in [0.15, 0.2) is 24.3 Å². The van der Waals surface area contributed by atoms with Gasteiger partial charge in [0.05, 0.1) is 11.0 Å². The SMILES string of the molecule is O=C(COc1ccccc1[N+](=O)[O-])NCC1CCCC1O. The van der Waals surface area contributed by atoms with Gasteiger partial charge < -0.3 is 15.2 Å². The van der Waals surface area contributed by atoms with E-state index in [-0.39, 0.29) is 36.0 Å². The Morgan fingerprint density at radius 1 is 1.43 bits per heavy atom. The number of hydrogen-bond donors (Lipinski definition) is 2. The van der Waals surface area contributed by atoms with Crippen molar-refractivity contribution in [3.05, 3.63) is 34.4 Å². The van der Waals surface area contributed by atoms with Crippen molar-refractivity contribution < 1.29 is 19.6 Å². The van der Waals surface area contributed by atoms with Gasteiger partial charge in [-0.3, -0.25) is 14.9 Å². The zero-order valence-corrected chi connectivity index (χ0v) is 11.5. The monoisotopic (exact) mass is 294 g/mol. The summed E-state index contributed by atoms with van der Waals surface area (Å²) in [7, 11) is 0. The number of aliphatic hydroxyl groups is 1. The maximum atomic E-state index is 11.7. The van der Waals surface area contributed by atoms with Gasteiger partial charge in [0.2, 0.25) is 0 Å². The second-order valence-corrected chi connectivity index (χ2v) is 5.08. The highest BCUT2D eigenvalue weighted by molar-refractivity contribution is 5.77. The van der Waals surface area contributed by atoms with Crippen molar-refractivity contribution in [2.75, 3.05) is 13.2 Å². The number of aliphatic hydroxyl groups excluding tert-OH is 1. The number of carbonyl (C=O) groups is 1. The molecular formula is C14H18N2O5. The van der Waals surface area contributed by atoms with E-state index in [1.54, 1.807) is 6.07 Å². The summed E-state index contributed by atoms with van der Waals surface area (Å²) in [4.78, 5) is 21.9. The Bertz CT molecular complexity index is 520. The highest BCUT2D eigenvalue weighted by Crippen LogP contribution is 2.26. The first kappa shape index (κ1) is 15.2. The van der Waals surface area contributed by atoms with Crippen molar-refractivity contribution in [3.63, 3.8) is 0 Å². The van der Waals surface area contributed by atoms with Crippen LogP contribution in [-0.4, -0.2) is 35.2 Å². The van der Waals surface area contributed by atoms with Crippen molar-refractivity contribution in [3.8, 4) is 5.75 Å². The maximum Gasteiger partial charge on any atom is 0.310 e. The standard InChI is InChI=1S/C14H18N2O5/c17-12-6-3-4-10(12)8-15-14(18)9-21-13-7-2-1-5-11(13)16(19)20/h1-2,5,7,10,12,17H,3-4,6,8-9H2,(H,15,18). The number of amides is 1. The molecule has 1 aliphatic rings. The fraction of sp³-hybridized carbons (Fsp3) is 0.500. The Morgan fingerprint density at radius 2 is 2.19 bits per heavy atom. The van der Waals surface area contributed by atoms with Gasteiger partial charge in [-0.2, -0.15) is 0 Å². The summed E-state index contributed by atoms with van der Waals surface area (Å²) in [5.41, 5.74) is -0.170. The zero-order chi connectivity index (χ0) is 15.2. The minimum absolute atomic E-state index is 0.0681. The van der Waals surface area contributed by atoms with E-state index >= 15 is 0 Å². The molecule has 1 aliphatic carbocycles. The molecule has 0 bridgehead atoms. The molecule has 0 aromatic heterocycles. The molecule has 1 aromatic rings. The van der Waals surface area contributed by atoms with Gasteiger partial charge in [-0.25, -0.2) is 0 Å². The molecule has 0 spiro atoms. The summed E-state index contributed by atoms with van der Waals surface area (Å²) in [5, 5.41) is 23.1. The average Bonchev–Trinajstić information content (AvgIpc) is 2.88. The molecule has 1 saturated carbocycles. The summed E-state index contributed by atoms with van der Waals surface area (Å²) in [6, 6.07) is 5.91. The summed E-state index contributed by atoms with van der Waals surface area (Å²) < 4.78 is 5.19. The van der Waals surface area contributed by atoms with E-state index in [9.17, 15) is 20.0 Å². The smallest absolute Gasteiger partial charge is 0.310 e. The number of nitro benzene ring substituents is 1. The molecule has 21 heavy (non-hydrogen) atoms. The number of nitrogens with one attached hydrogen (secondary N) is 1. The molecule has 0 radical (unpaired) electrons. The first-order valence-electron chi connectivity index (χ1n) is 6.89. The van der Waals surface area contributed by atoms with Crippen LogP contribution in [0.5, 0.6) is 5.75 Å². The predicted molar refractivity (Wildman–Crippen MR) is 74.9 cm³/mol. The van der Waals surface area contributed by atoms with Crippen molar-refractivity contribution in [2.45, 2.75) is 25.4 Å². The number of ether oxygens (including phenoxy) is 1. The number of benzene rings is 1. The Labute approximate surface area is 122 Å². The lowest BCUT2D eigenvalue weighted by Crippen LogP contribution is -2.35. The molecular weight excluding hydrogens is 276 g/mol. The molecule has 2 rings (SSSR count). The minimum atomic E-state index is -0.553. The number of nitrogens with zero attached hydrogens (tertiary/aromatic N) is 1. The second kappa shape index (κ2) is 7.03. The number of nitro groups is 1. The fourth-order valence-electron chi connectivity index (χ4n) is 2.42. The van der Waals surface area contributed by atoms with E-state index in [0.29, 0.717) is 6.54 Å². The predicted octanol–water partition coefficient (Wildman–Crippen LogP) is 1.25. The number of rotatable bonds is 6. The second-order valence-electron chi connectivity index (χ2n) is 5.08. The van der Waals surface area contributed by atoms with Crippen LogP contribution >= 0.6 is 0 Å². The molecule has 2 atom stereocenters. The molecule has 1 fully saturated rings. The molecule has 0 saturated heterocycles. The van der Waals surface area contributed by atoms with Gasteiger partial charge >= 0.3 is 5.69 Å². The van der Waals surface area contributed by atoms with Crippen molar-refractivity contribution in [2.24, 2.45) is 5.92 Å². The fourth-order valence-corrected chi connectivity index (χ4v) is 2.42. The molecule has 2 unspecified atom stereocenters. The third-order valence-electron chi connectivity index (χ3n) is 3.60. The molecule has 7 heteroatoms. The topological polar surface area (TPSA) is 102 Å². The number of para-hydroxylation sites is 2. The van der Waals surface area contributed by atoms with Gasteiger partial charge in [-0.05, 0) is 18.9 Å². The van der Waals surface area contributed by atoms with Gasteiger partial charge in [-0.1, -0.05) is 18.6 Å². The minimum Gasteiger partial charge on any atom is -0.477 e. The van der Waals surface area contributed by atoms with Crippen LogP contribution in [0.4, 0.5) is 5.69 Å². The first-order chi connectivity index (χ1) is 10.1. The van der Waals surface area contributed by atoms with Gasteiger partial charge in [0, 0.05) is 18.5 Å². The van der Waals surface area contributed by atoms with E-state index in [1.807, 2.05) is 0 Å². The van der Waals surface area contributed by atoms with Crippen LogP contribution in [0, 0.1) is 16.0 Å². The normalized spacial score (nSPS) is 21.0. The van der Waals surface area contributed by atoms with E-state index < -0.39 is 4.92 Å². The van der Waals surface area contributed by atoms with Gasteiger partial charge in [0.1, 0.15) is 0 Å². The third kappa shape index (κ3) is 4.16. The molecule has 1 amide bonds. The van der Waals surface area contributed by atoms with Crippen molar-refractivity contribution in [1.29, 1.82) is 0 Å². The molecule has 114 valence electrons. The largest absolute Gasteiger partial charge is 0.477 e. The highest BCUT2D eigenvalue weighted by atomic mass is 16.6. The average molecular weight is 294 g/mol. The first-order valence-corrected chi connectivity index (χ1v) is 6.89. The molecule has 7 nitrogen and oxygen atoms in total. The lowest BCUT2D eigenvalue weighted by Gasteiger charge is -2.15. The number of hydrogen-bond acceptors (Lipinski definition) is 5. The highest BCUT2D eigenvalue weighted by Gasteiger charge is 2.25. The van der Waals surface area contributed by atoms with E-state index in [4.69, 9.17) is 4.74 Å². The van der Waals surface area contributed by atoms with Crippen LogP contribution in [0.25, 0.3) is 0 Å². The van der Waals surface area contributed by atoms with Crippen LogP contribution < -0.4 is 10.1 Å². The lowest BCUT2D eigenvalue weighted by atomic mass is 10.1. The lowest BCUT2D eigenvalue weighted by molar-refractivity contribution is -0.385. The Morgan fingerprint density at radius 3 is 2.86 bits per heavy atom. The van der Waals surface area contributed by atoms with Crippen LogP contribution in [-0.2, 0) is 4.79 Å².